The van der Waals surface area contributed by atoms with Crippen molar-refractivity contribution in [2.24, 2.45) is 0 Å². The smallest absolute Gasteiger partial charge is 0.220 e. The van der Waals surface area contributed by atoms with E-state index in [9.17, 15) is 4.79 Å². The van der Waals surface area contributed by atoms with E-state index in [-0.39, 0.29) is 12.5 Å². The number of carbonyl (C=O) groups excluding carboxylic acids is 1. The SMILES string of the molecule is CC(C)c1csc(CNC(=O)CCc2ccc(CO)cc2)n1. The summed E-state index contributed by atoms with van der Waals surface area (Å²) in [5.41, 5.74) is 3.07. The van der Waals surface area contributed by atoms with Crippen LogP contribution in [0.25, 0.3) is 0 Å². The molecule has 2 rings (SSSR count). The molecule has 2 N–H and O–H groups in total. The molecule has 0 atom stereocenters. The van der Waals surface area contributed by atoms with Crippen LogP contribution in [-0.2, 0) is 24.4 Å². The number of aryl methyl sites for hydroxylation is 1. The number of hydrogen-bond donors (Lipinski definition) is 2. The fourth-order valence-electron chi connectivity index (χ4n) is 2.00. The first-order chi connectivity index (χ1) is 10.6. The number of aliphatic hydroxyl groups excluding tert-OH is 1. The van der Waals surface area contributed by atoms with Crippen LogP contribution in [0.4, 0.5) is 0 Å². The maximum atomic E-state index is 11.9. The Morgan fingerprint density at radius 2 is 1.95 bits per heavy atom. The fourth-order valence-corrected chi connectivity index (χ4v) is 2.90. The normalized spacial score (nSPS) is 10.9. The van der Waals surface area contributed by atoms with Crippen molar-refractivity contribution in [3.05, 3.63) is 51.5 Å². The number of carbonyl (C=O) groups is 1. The van der Waals surface area contributed by atoms with Crippen molar-refractivity contribution >= 4 is 17.2 Å². The molecule has 0 saturated carbocycles. The van der Waals surface area contributed by atoms with Gasteiger partial charge in [0, 0.05) is 11.8 Å². The molecule has 0 aliphatic rings. The minimum atomic E-state index is 0.0348. The summed E-state index contributed by atoms with van der Waals surface area (Å²) in [4.78, 5) is 16.4. The number of aliphatic hydroxyl groups is 1. The number of thiazole rings is 1. The Morgan fingerprint density at radius 3 is 2.55 bits per heavy atom. The minimum absolute atomic E-state index is 0.0348. The van der Waals surface area contributed by atoms with E-state index in [1.54, 1.807) is 11.3 Å². The van der Waals surface area contributed by atoms with Gasteiger partial charge in [0.15, 0.2) is 0 Å². The first kappa shape index (κ1) is 16.6. The van der Waals surface area contributed by atoms with Crippen LogP contribution in [0, 0.1) is 0 Å². The maximum Gasteiger partial charge on any atom is 0.220 e. The Balaban J connectivity index is 1.75. The lowest BCUT2D eigenvalue weighted by atomic mass is 10.1. The highest BCUT2D eigenvalue weighted by Crippen LogP contribution is 2.17. The van der Waals surface area contributed by atoms with Crippen LogP contribution in [0.15, 0.2) is 29.6 Å². The van der Waals surface area contributed by atoms with Gasteiger partial charge in [0.1, 0.15) is 5.01 Å². The Hall–Kier alpha value is -1.72. The molecule has 1 heterocycles. The zero-order valence-electron chi connectivity index (χ0n) is 13.0. The Bertz CT molecular complexity index is 605. The van der Waals surface area contributed by atoms with Crippen molar-refractivity contribution in [3.8, 4) is 0 Å². The number of amides is 1. The second-order valence-corrected chi connectivity index (χ2v) is 6.51. The highest BCUT2D eigenvalue weighted by Gasteiger charge is 2.07. The van der Waals surface area contributed by atoms with E-state index in [4.69, 9.17) is 5.11 Å². The first-order valence-electron chi connectivity index (χ1n) is 7.48. The van der Waals surface area contributed by atoms with Gasteiger partial charge in [-0.2, -0.15) is 0 Å². The minimum Gasteiger partial charge on any atom is -0.392 e. The summed E-state index contributed by atoms with van der Waals surface area (Å²) in [6.45, 7) is 4.77. The van der Waals surface area contributed by atoms with Crippen LogP contribution in [-0.4, -0.2) is 16.0 Å². The Morgan fingerprint density at radius 1 is 1.27 bits per heavy atom. The van der Waals surface area contributed by atoms with Crippen molar-refractivity contribution in [3.63, 3.8) is 0 Å². The van der Waals surface area contributed by atoms with Gasteiger partial charge < -0.3 is 10.4 Å². The van der Waals surface area contributed by atoms with Crippen molar-refractivity contribution < 1.29 is 9.90 Å². The molecule has 0 bridgehead atoms. The standard InChI is InChI=1S/C17H22N2O2S/c1-12(2)15-11-22-17(19-15)9-18-16(21)8-7-13-3-5-14(10-20)6-4-13/h3-6,11-12,20H,7-10H2,1-2H3,(H,18,21). The van der Waals surface area contributed by atoms with Gasteiger partial charge in [-0.25, -0.2) is 4.98 Å². The van der Waals surface area contributed by atoms with Gasteiger partial charge in [-0.05, 0) is 23.5 Å². The number of nitrogens with one attached hydrogen (secondary N) is 1. The summed E-state index contributed by atoms with van der Waals surface area (Å²) in [5, 5.41) is 14.9. The summed E-state index contributed by atoms with van der Waals surface area (Å²) >= 11 is 1.59. The molecule has 5 heteroatoms. The highest BCUT2D eigenvalue weighted by atomic mass is 32.1. The molecular formula is C17H22N2O2S. The zero-order valence-corrected chi connectivity index (χ0v) is 13.8. The molecule has 0 saturated heterocycles. The average Bonchev–Trinajstić information content (AvgIpc) is 3.00. The molecule has 22 heavy (non-hydrogen) atoms. The molecule has 4 nitrogen and oxygen atoms in total. The molecule has 1 aromatic heterocycles. The van der Waals surface area contributed by atoms with E-state index in [2.05, 4.69) is 29.5 Å². The van der Waals surface area contributed by atoms with Crippen molar-refractivity contribution in [2.45, 2.75) is 45.8 Å². The number of benzene rings is 1. The van der Waals surface area contributed by atoms with Gasteiger partial charge in [0.25, 0.3) is 0 Å². The van der Waals surface area contributed by atoms with Gasteiger partial charge >= 0.3 is 0 Å². The van der Waals surface area contributed by atoms with Crippen molar-refractivity contribution in [2.75, 3.05) is 0 Å². The molecule has 0 fully saturated rings. The van der Waals surface area contributed by atoms with E-state index in [0.29, 0.717) is 25.3 Å². The summed E-state index contributed by atoms with van der Waals surface area (Å²) in [5.74, 6) is 0.454. The number of hydrogen-bond acceptors (Lipinski definition) is 4. The molecule has 0 aliphatic heterocycles. The summed E-state index contributed by atoms with van der Waals surface area (Å²) < 4.78 is 0. The van der Waals surface area contributed by atoms with Crippen molar-refractivity contribution in [1.82, 2.24) is 10.3 Å². The van der Waals surface area contributed by atoms with Crippen LogP contribution in [0.1, 0.15) is 48.0 Å². The second-order valence-electron chi connectivity index (χ2n) is 5.57. The molecule has 0 spiro atoms. The fraction of sp³-hybridized carbons (Fsp3) is 0.412. The van der Waals surface area contributed by atoms with Crippen LogP contribution in [0.3, 0.4) is 0 Å². The van der Waals surface area contributed by atoms with E-state index < -0.39 is 0 Å². The predicted octanol–water partition coefficient (Wildman–Crippen LogP) is 3.01. The number of aromatic nitrogens is 1. The lowest BCUT2D eigenvalue weighted by Crippen LogP contribution is -2.23. The summed E-state index contributed by atoms with van der Waals surface area (Å²) in [6, 6.07) is 7.68. The summed E-state index contributed by atoms with van der Waals surface area (Å²) in [6.07, 6.45) is 1.16. The molecule has 0 aliphatic carbocycles. The Kier molecular flexibility index (Phi) is 6.10. The molecular weight excluding hydrogens is 296 g/mol. The van der Waals surface area contributed by atoms with Crippen LogP contribution >= 0.6 is 11.3 Å². The summed E-state index contributed by atoms with van der Waals surface area (Å²) in [7, 11) is 0. The molecule has 0 unspecified atom stereocenters. The highest BCUT2D eigenvalue weighted by molar-refractivity contribution is 7.09. The number of rotatable bonds is 7. The van der Waals surface area contributed by atoms with Gasteiger partial charge in [-0.1, -0.05) is 38.1 Å². The third-order valence-electron chi connectivity index (χ3n) is 3.44. The van der Waals surface area contributed by atoms with Gasteiger partial charge in [0.05, 0.1) is 18.8 Å². The van der Waals surface area contributed by atoms with E-state index >= 15 is 0 Å². The maximum absolute atomic E-state index is 11.9. The quantitative estimate of drug-likeness (QED) is 0.825. The predicted molar refractivity (Wildman–Crippen MR) is 88.7 cm³/mol. The first-order valence-corrected chi connectivity index (χ1v) is 8.36. The van der Waals surface area contributed by atoms with Gasteiger partial charge in [-0.3, -0.25) is 4.79 Å². The lowest BCUT2D eigenvalue weighted by molar-refractivity contribution is -0.121. The van der Waals surface area contributed by atoms with E-state index in [0.717, 1.165) is 21.8 Å². The topological polar surface area (TPSA) is 62.2 Å². The largest absolute Gasteiger partial charge is 0.392 e. The van der Waals surface area contributed by atoms with Crippen LogP contribution in [0.5, 0.6) is 0 Å². The van der Waals surface area contributed by atoms with E-state index in [1.165, 1.54) is 0 Å². The molecule has 1 aromatic carbocycles. The zero-order chi connectivity index (χ0) is 15.9. The second kappa shape index (κ2) is 8.06. The van der Waals surface area contributed by atoms with Crippen molar-refractivity contribution in [1.29, 1.82) is 0 Å². The third-order valence-corrected chi connectivity index (χ3v) is 4.31. The van der Waals surface area contributed by atoms with Gasteiger partial charge in [0.2, 0.25) is 5.91 Å². The molecule has 118 valence electrons. The van der Waals surface area contributed by atoms with E-state index in [1.807, 2.05) is 24.3 Å². The van der Waals surface area contributed by atoms with Gasteiger partial charge in [-0.15, -0.1) is 11.3 Å². The molecule has 0 radical (unpaired) electrons. The Labute approximate surface area is 135 Å². The average molecular weight is 318 g/mol. The van der Waals surface area contributed by atoms with Crippen LogP contribution < -0.4 is 5.32 Å². The lowest BCUT2D eigenvalue weighted by Gasteiger charge is -2.04. The molecule has 1 amide bonds. The monoisotopic (exact) mass is 318 g/mol. The third kappa shape index (κ3) is 4.93. The molecule has 2 aromatic rings. The number of nitrogens with zero attached hydrogens (tertiary/aromatic N) is 1. The van der Waals surface area contributed by atoms with Crippen LogP contribution in [0.2, 0.25) is 0 Å².